The number of aryl methyl sites for hydroxylation is 2. The number of hydrogen-bond donors (Lipinski definition) is 3. The van der Waals surface area contributed by atoms with E-state index in [4.69, 9.17) is 0 Å². The SMILES string of the molecule is Cc1cc(C)c(CNC(=O)c2ccc(NS(=O)(=O)/C=C/c3ccccc3)cc2)c(=O)[nH]1. The third-order valence-corrected chi connectivity index (χ3v) is 5.58. The van der Waals surface area contributed by atoms with Crippen LogP contribution in [0.25, 0.3) is 6.08 Å². The van der Waals surface area contributed by atoms with Crippen molar-refractivity contribution < 1.29 is 13.2 Å². The first-order chi connectivity index (χ1) is 14.7. The standard InChI is InChI=1S/C23H23N3O4S/c1-16-14-17(2)25-23(28)21(16)15-24-22(27)19-8-10-20(11-9-19)26-31(29,30)13-12-18-6-4-3-5-7-18/h3-14,26H,15H2,1-2H3,(H,24,27)(H,25,28)/b13-12+. The van der Waals surface area contributed by atoms with Crippen LogP contribution < -0.4 is 15.6 Å². The van der Waals surface area contributed by atoms with Crippen molar-refractivity contribution in [2.24, 2.45) is 0 Å². The van der Waals surface area contributed by atoms with E-state index in [1.807, 2.05) is 31.2 Å². The minimum Gasteiger partial charge on any atom is -0.348 e. The van der Waals surface area contributed by atoms with Crippen LogP contribution in [0.5, 0.6) is 0 Å². The van der Waals surface area contributed by atoms with Crippen molar-refractivity contribution in [3.8, 4) is 0 Å². The van der Waals surface area contributed by atoms with Gasteiger partial charge in [0.15, 0.2) is 0 Å². The van der Waals surface area contributed by atoms with Gasteiger partial charge in [0.25, 0.3) is 21.5 Å². The van der Waals surface area contributed by atoms with Gasteiger partial charge in [-0.05, 0) is 61.4 Å². The Morgan fingerprint density at radius 1 is 1.03 bits per heavy atom. The van der Waals surface area contributed by atoms with E-state index in [0.717, 1.165) is 22.2 Å². The molecule has 0 spiro atoms. The van der Waals surface area contributed by atoms with Crippen molar-refractivity contribution in [3.63, 3.8) is 0 Å². The second-order valence-corrected chi connectivity index (χ2v) is 8.63. The Labute approximate surface area is 180 Å². The van der Waals surface area contributed by atoms with Crippen LogP contribution in [0.2, 0.25) is 0 Å². The van der Waals surface area contributed by atoms with Gasteiger partial charge in [-0.25, -0.2) is 8.42 Å². The maximum Gasteiger partial charge on any atom is 0.255 e. The number of anilines is 1. The molecule has 0 radical (unpaired) electrons. The second kappa shape index (κ2) is 9.44. The summed E-state index contributed by atoms with van der Waals surface area (Å²) in [5.41, 5.74) is 3.27. The topological polar surface area (TPSA) is 108 Å². The molecular formula is C23H23N3O4S. The van der Waals surface area contributed by atoms with E-state index < -0.39 is 10.0 Å². The van der Waals surface area contributed by atoms with Crippen LogP contribution in [0, 0.1) is 13.8 Å². The van der Waals surface area contributed by atoms with Crippen molar-refractivity contribution in [1.29, 1.82) is 0 Å². The Kier molecular flexibility index (Phi) is 6.71. The first-order valence-electron chi connectivity index (χ1n) is 9.57. The summed E-state index contributed by atoms with van der Waals surface area (Å²) in [6.07, 6.45) is 1.50. The number of aromatic amines is 1. The molecule has 0 bridgehead atoms. The Bertz CT molecular complexity index is 1260. The number of nitrogens with one attached hydrogen (secondary N) is 3. The van der Waals surface area contributed by atoms with E-state index in [2.05, 4.69) is 15.0 Å². The molecule has 1 heterocycles. The van der Waals surface area contributed by atoms with Gasteiger partial charge in [-0.3, -0.25) is 14.3 Å². The number of aromatic nitrogens is 1. The van der Waals surface area contributed by atoms with Gasteiger partial charge >= 0.3 is 0 Å². The van der Waals surface area contributed by atoms with Crippen LogP contribution in [0.3, 0.4) is 0 Å². The van der Waals surface area contributed by atoms with Crippen molar-refractivity contribution >= 4 is 27.7 Å². The largest absolute Gasteiger partial charge is 0.348 e. The van der Waals surface area contributed by atoms with Gasteiger partial charge in [0.2, 0.25) is 0 Å². The fourth-order valence-electron chi connectivity index (χ4n) is 2.99. The minimum atomic E-state index is -3.69. The summed E-state index contributed by atoms with van der Waals surface area (Å²) in [5.74, 6) is -0.363. The number of sulfonamides is 1. The van der Waals surface area contributed by atoms with Crippen LogP contribution in [0.4, 0.5) is 5.69 Å². The summed E-state index contributed by atoms with van der Waals surface area (Å²) in [5, 5.41) is 3.80. The fourth-order valence-corrected chi connectivity index (χ4v) is 3.86. The second-order valence-electron chi connectivity index (χ2n) is 7.06. The highest BCUT2D eigenvalue weighted by Crippen LogP contribution is 2.13. The molecule has 3 N–H and O–H groups in total. The van der Waals surface area contributed by atoms with Crippen molar-refractivity contribution in [3.05, 3.63) is 104 Å². The molecule has 2 aromatic carbocycles. The van der Waals surface area contributed by atoms with Gasteiger partial charge in [0.05, 0.1) is 5.41 Å². The van der Waals surface area contributed by atoms with Crippen molar-refractivity contribution in [2.75, 3.05) is 4.72 Å². The number of pyridine rings is 1. The molecule has 3 aromatic rings. The van der Waals surface area contributed by atoms with Crippen LogP contribution in [-0.2, 0) is 16.6 Å². The predicted molar refractivity (Wildman–Crippen MR) is 122 cm³/mol. The molecule has 160 valence electrons. The third-order valence-electron chi connectivity index (χ3n) is 4.57. The minimum absolute atomic E-state index is 0.0962. The zero-order valence-electron chi connectivity index (χ0n) is 17.2. The lowest BCUT2D eigenvalue weighted by atomic mass is 10.1. The van der Waals surface area contributed by atoms with Gasteiger partial charge in [-0.2, -0.15) is 0 Å². The van der Waals surface area contributed by atoms with Gasteiger partial charge < -0.3 is 10.3 Å². The summed E-state index contributed by atoms with van der Waals surface area (Å²) >= 11 is 0. The summed E-state index contributed by atoms with van der Waals surface area (Å²) in [6.45, 7) is 3.71. The zero-order chi connectivity index (χ0) is 22.4. The van der Waals surface area contributed by atoms with Crippen molar-refractivity contribution in [1.82, 2.24) is 10.3 Å². The van der Waals surface area contributed by atoms with E-state index in [0.29, 0.717) is 16.8 Å². The average Bonchev–Trinajstić information content (AvgIpc) is 2.72. The smallest absolute Gasteiger partial charge is 0.255 e. The molecule has 0 aliphatic rings. The number of amides is 1. The van der Waals surface area contributed by atoms with Gasteiger partial charge in [0, 0.05) is 29.1 Å². The fraction of sp³-hybridized carbons (Fsp3) is 0.130. The summed E-state index contributed by atoms with van der Waals surface area (Å²) in [4.78, 5) is 27.2. The molecule has 7 nitrogen and oxygen atoms in total. The van der Waals surface area contributed by atoms with E-state index in [1.165, 1.54) is 30.3 Å². The average molecular weight is 438 g/mol. The first-order valence-corrected chi connectivity index (χ1v) is 11.1. The molecule has 3 rings (SSSR count). The van der Waals surface area contributed by atoms with Crippen LogP contribution in [0.1, 0.15) is 32.7 Å². The maximum atomic E-state index is 12.4. The van der Waals surface area contributed by atoms with Gasteiger partial charge in [-0.1, -0.05) is 30.3 Å². The predicted octanol–water partition coefficient (Wildman–Crippen LogP) is 3.33. The molecule has 0 saturated heterocycles. The van der Waals surface area contributed by atoms with Gasteiger partial charge in [0.1, 0.15) is 0 Å². The normalized spacial score (nSPS) is 11.4. The summed E-state index contributed by atoms with van der Waals surface area (Å²) < 4.78 is 26.9. The number of H-pyrrole nitrogens is 1. The zero-order valence-corrected chi connectivity index (χ0v) is 18.0. The molecule has 31 heavy (non-hydrogen) atoms. The number of benzene rings is 2. The Hall–Kier alpha value is -3.65. The van der Waals surface area contributed by atoms with E-state index in [-0.39, 0.29) is 18.0 Å². The molecule has 0 atom stereocenters. The van der Waals surface area contributed by atoms with Crippen LogP contribution >= 0.6 is 0 Å². The maximum absolute atomic E-state index is 12.4. The quantitative estimate of drug-likeness (QED) is 0.527. The number of rotatable bonds is 7. The number of hydrogen-bond acceptors (Lipinski definition) is 4. The first kappa shape index (κ1) is 22.0. The Morgan fingerprint density at radius 3 is 2.35 bits per heavy atom. The lowest BCUT2D eigenvalue weighted by molar-refractivity contribution is 0.0951. The molecule has 0 unspecified atom stereocenters. The van der Waals surface area contributed by atoms with E-state index in [9.17, 15) is 18.0 Å². The Balaban J connectivity index is 1.62. The highest BCUT2D eigenvalue weighted by Gasteiger charge is 2.11. The monoisotopic (exact) mass is 437 g/mol. The molecular weight excluding hydrogens is 414 g/mol. The number of carbonyl (C=O) groups excluding carboxylic acids is 1. The number of carbonyl (C=O) groups is 1. The molecule has 0 saturated carbocycles. The van der Waals surface area contributed by atoms with Gasteiger partial charge in [-0.15, -0.1) is 0 Å². The lowest BCUT2D eigenvalue weighted by Crippen LogP contribution is -2.27. The molecule has 8 heteroatoms. The molecule has 1 amide bonds. The molecule has 0 aliphatic carbocycles. The third kappa shape index (κ3) is 6.16. The highest BCUT2D eigenvalue weighted by molar-refractivity contribution is 7.95. The summed E-state index contributed by atoms with van der Waals surface area (Å²) in [7, 11) is -3.69. The highest BCUT2D eigenvalue weighted by atomic mass is 32.2. The Morgan fingerprint density at radius 2 is 1.71 bits per heavy atom. The van der Waals surface area contributed by atoms with Crippen molar-refractivity contribution in [2.45, 2.75) is 20.4 Å². The molecule has 0 fully saturated rings. The molecule has 1 aromatic heterocycles. The molecule has 0 aliphatic heterocycles. The van der Waals surface area contributed by atoms with Crippen LogP contribution in [-0.4, -0.2) is 19.3 Å². The van der Waals surface area contributed by atoms with Crippen LogP contribution in [0.15, 0.2) is 70.9 Å². The van der Waals surface area contributed by atoms with E-state index in [1.54, 1.807) is 19.1 Å². The van der Waals surface area contributed by atoms with E-state index >= 15 is 0 Å². The lowest BCUT2D eigenvalue weighted by Gasteiger charge is -2.09. The summed E-state index contributed by atoms with van der Waals surface area (Å²) in [6, 6.07) is 17.0.